The van der Waals surface area contributed by atoms with Gasteiger partial charge in [-0.05, 0) is 80.1 Å². The van der Waals surface area contributed by atoms with Crippen molar-refractivity contribution in [2.45, 2.75) is 198 Å². The molecule has 3 aromatic rings. The van der Waals surface area contributed by atoms with Crippen LogP contribution in [0.2, 0.25) is 0 Å². The second kappa shape index (κ2) is 50.0. The molecule has 0 aliphatic carbocycles. The van der Waals surface area contributed by atoms with Crippen LogP contribution in [0.5, 0.6) is 0 Å². The number of nitriles is 1. The lowest BCUT2D eigenvalue weighted by Crippen LogP contribution is -2.25. The van der Waals surface area contributed by atoms with Crippen LogP contribution in [0.3, 0.4) is 0 Å². The lowest BCUT2D eigenvalue weighted by molar-refractivity contribution is 0.101. The molecule has 0 aliphatic rings. The number of hydrogen-bond donors (Lipinski definition) is 0. The summed E-state index contributed by atoms with van der Waals surface area (Å²) >= 11 is 0. The lowest BCUT2D eigenvalue weighted by Gasteiger charge is -2.25. The van der Waals surface area contributed by atoms with Crippen LogP contribution in [-0.2, 0) is 0 Å². The summed E-state index contributed by atoms with van der Waals surface area (Å²) in [7, 11) is 0. The van der Waals surface area contributed by atoms with Crippen LogP contribution in [0.1, 0.15) is 228 Å². The third-order valence-corrected chi connectivity index (χ3v) is 11.0. The molecule has 8 heteroatoms. The van der Waals surface area contributed by atoms with Crippen molar-refractivity contribution in [2.75, 3.05) is 36.0 Å². The molecule has 0 radical (unpaired) electrons. The van der Waals surface area contributed by atoms with Crippen molar-refractivity contribution in [2.24, 2.45) is 0 Å². The average molecular weight is 967 g/mol. The van der Waals surface area contributed by atoms with Crippen molar-refractivity contribution >= 4 is 83.3 Å². The minimum Gasteiger partial charge on any atom is -0.372 e. The molecule has 0 spiro atoms. The molecule has 374 valence electrons. The van der Waals surface area contributed by atoms with E-state index < -0.39 is 0 Å². The Balaban J connectivity index is -0.000000150. The standard InChI is InChI=1S/C27H46N2.C26H35NO.3CH4.4H2S.2H2/c1-3-5-7-9-11-13-15-17-23-29(27-21-19-26(25-28)20-22-27)24-18-16-14-12-10-8-6-4-2;1-4-6-8-20-27(21-9-7-5-2)26-18-14-24(15-19-26)11-10-23-12-16-25(17-13-23)22(3)28;;;;;;;;;/h19-22H,3-18,23-24H2,1-2H3;10-19H,4-9,20-21H2,1-3H3;3*1H4;4*1H2;2*1H/b;11-10+;;;;;;;;;/i;;;;;;;;;2*1+1. The number of nitrogens with zero attached hydrogens (tertiary/aromatic N) is 3. The zero-order chi connectivity index (χ0) is 41.2. The number of benzene rings is 3. The Bertz CT molecular complexity index is 1470. The predicted molar refractivity (Wildman–Crippen MR) is 318 cm³/mol. The van der Waals surface area contributed by atoms with E-state index in [1.165, 1.54) is 158 Å². The Morgan fingerprint density at radius 3 is 1.03 bits per heavy atom. The number of Topliss-reactive ketones (excluding diaryl/α,β-unsaturated/α-hetero) is 1. The maximum atomic E-state index is 11.4. The van der Waals surface area contributed by atoms with Crippen molar-refractivity contribution in [3.63, 3.8) is 0 Å². The number of ketones is 1. The lowest BCUT2D eigenvalue weighted by atomic mass is 10.1. The third-order valence-electron chi connectivity index (χ3n) is 11.0. The summed E-state index contributed by atoms with van der Waals surface area (Å²) < 4.78 is 0. The summed E-state index contributed by atoms with van der Waals surface area (Å²) in [6, 6.07) is 27.1. The first-order valence-electron chi connectivity index (χ1n) is 23.3. The van der Waals surface area contributed by atoms with Gasteiger partial charge in [-0.2, -0.15) is 59.2 Å². The van der Waals surface area contributed by atoms with Crippen molar-refractivity contribution < 1.29 is 7.65 Å². The summed E-state index contributed by atoms with van der Waals surface area (Å²) in [6.07, 6.45) is 33.8. The Kier molecular flexibility index (Phi) is 57.1. The summed E-state index contributed by atoms with van der Waals surface area (Å²) in [5.74, 6) is 0.105. The quantitative estimate of drug-likeness (QED) is 0.0366. The zero-order valence-electron chi connectivity index (χ0n) is 39.2. The fourth-order valence-corrected chi connectivity index (χ4v) is 7.28. The minimum atomic E-state index is 0. The fourth-order valence-electron chi connectivity index (χ4n) is 7.28. The normalized spacial score (nSPS) is 9.75. The first-order chi connectivity index (χ1) is 27.9. The Labute approximate surface area is 429 Å². The van der Waals surface area contributed by atoms with E-state index in [1.807, 2.05) is 36.4 Å². The maximum absolute atomic E-state index is 11.4. The van der Waals surface area contributed by atoms with Crippen LogP contribution < -0.4 is 9.80 Å². The van der Waals surface area contributed by atoms with Crippen LogP contribution in [0.4, 0.5) is 11.4 Å². The molecule has 0 saturated heterocycles. The van der Waals surface area contributed by atoms with Crippen molar-refractivity contribution in [1.29, 1.82) is 5.26 Å². The van der Waals surface area contributed by atoms with E-state index in [1.54, 1.807) is 6.92 Å². The number of hydrogen-bond acceptors (Lipinski definition) is 4. The van der Waals surface area contributed by atoms with Gasteiger partial charge in [0, 0.05) is 46.0 Å². The van der Waals surface area contributed by atoms with E-state index in [4.69, 9.17) is 5.26 Å². The van der Waals surface area contributed by atoms with Crippen molar-refractivity contribution in [3.8, 4) is 6.07 Å². The maximum Gasteiger partial charge on any atom is 0.159 e. The average Bonchev–Trinajstić information content (AvgIpc) is 3.24. The van der Waals surface area contributed by atoms with Gasteiger partial charge in [-0.1, -0.05) is 214 Å². The molecule has 0 aliphatic heterocycles. The molecule has 4 nitrogen and oxygen atoms in total. The highest BCUT2D eigenvalue weighted by Crippen LogP contribution is 2.21. The second-order valence-corrected chi connectivity index (χ2v) is 16.1. The van der Waals surface area contributed by atoms with Gasteiger partial charge in [-0.15, -0.1) is 0 Å². The molecule has 64 heavy (non-hydrogen) atoms. The van der Waals surface area contributed by atoms with Crippen LogP contribution in [-0.4, -0.2) is 32.0 Å². The number of unbranched alkanes of at least 4 members (excludes halogenated alkanes) is 18. The first kappa shape index (κ1) is 73.1. The molecule has 0 unspecified atom stereocenters. The molecule has 0 aromatic heterocycles. The van der Waals surface area contributed by atoms with E-state index in [-0.39, 0.29) is 84.9 Å². The topological polar surface area (TPSA) is 47.3 Å². The molecule has 0 saturated carbocycles. The Morgan fingerprint density at radius 2 is 0.719 bits per heavy atom. The van der Waals surface area contributed by atoms with Crippen molar-refractivity contribution in [1.82, 2.24) is 0 Å². The third kappa shape index (κ3) is 34.8. The highest BCUT2D eigenvalue weighted by Gasteiger charge is 2.08. The summed E-state index contributed by atoms with van der Waals surface area (Å²) in [6.45, 7) is 15.3. The molecular weight excluding hydrogens is 859 g/mol. The molecule has 0 amide bonds. The highest BCUT2D eigenvalue weighted by molar-refractivity contribution is 7.59. The van der Waals surface area contributed by atoms with E-state index in [0.29, 0.717) is 0 Å². The second-order valence-electron chi connectivity index (χ2n) is 16.1. The first-order valence-corrected chi connectivity index (χ1v) is 23.3. The molecule has 0 heterocycles. The summed E-state index contributed by atoms with van der Waals surface area (Å²) in [5, 5.41) is 9.06. The van der Waals surface area contributed by atoms with Gasteiger partial charge in [0.15, 0.2) is 5.78 Å². The van der Waals surface area contributed by atoms with E-state index in [9.17, 15) is 4.79 Å². The summed E-state index contributed by atoms with van der Waals surface area (Å²) in [5.41, 5.74) is 6.43. The molecule has 0 N–H and O–H groups in total. The molecule has 3 rings (SSSR count). The molecule has 0 atom stereocenters. The van der Waals surface area contributed by atoms with Gasteiger partial charge in [0.2, 0.25) is 0 Å². The van der Waals surface area contributed by atoms with Gasteiger partial charge in [0.1, 0.15) is 0 Å². The fraction of sp³-hybridized carbons (Fsp3) is 0.607. The Morgan fingerprint density at radius 1 is 0.453 bits per heavy atom. The van der Waals surface area contributed by atoms with Crippen LogP contribution in [0.15, 0.2) is 72.8 Å². The largest absolute Gasteiger partial charge is 0.372 e. The smallest absolute Gasteiger partial charge is 0.159 e. The Hall–Kier alpha value is -2.44. The zero-order valence-corrected chi connectivity index (χ0v) is 43.2. The monoisotopic (exact) mass is 966 g/mol. The van der Waals surface area contributed by atoms with E-state index >= 15 is 0 Å². The number of anilines is 2. The minimum absolute atomic E-state index is 0. The van der Waals surface area contributed by atoms with Gasteiger partial charge in [-0.25, -0.2) is 0 Å². The van der Waals surface area contributed by atoms with Crippen molar-refractivity contribution in [3.05, 3.63) is 95.1 Å². The van der Waals surface area contributed by atoms with Crippen LogP contribution >= 0.6 is 54.0 Å². The SMILES string of the molecule is C.C.C.CCCCCCCCCCN(CCCCCCCCCC)c1ccc(C#N)cc1.CCCCCN(CCCCC)c1ccc(/C=C/c2ccc(C(C)=O)cc2)cc1.S.S.S.S.[2HH].[2HH]. The van der Waals surface area contributed by atoms with Crippen LogP contribution in [0, 0.1) is 11.3 Å². The van der Waals surface area contributed by atoms with Crippen LogP contribution in [0.25, 0.3) is 12.2 Å². The summed E-state index contributed by atoms with van der Waals surface area (Å²) in [4.78, 5) is 16.5. The van der Waals surface area contributed by atoms with Gasteiger partial charge >= 0.3 is 0 Å². The van der Waals surface area contributed by atoms with Gasteiger partial charge in [-0.3, -0.25) is 4.79 Å². The highest BCUT2D eigenvalue weighted by atomic mass is 32.1. The molecule has 3 aromatic carbocycles. The number of carbonyl (C=O) groups is 1. The van der Waals surface area contributed by atoms with E-state index in [2.05, 4.69) is 92.1 Å². The molecule has 0 fully saturated rings. The van der Waals surface area contributed by atoms with Gasteiger partial charge in [0.25, 0.3) is 0 Å². The van der Waals surface area contributed by atoms with Gasteiger partial charge in [0.05, 0.1) is 11.6 Å². The number of rotatable bonds is 31. The number of carbonyl (C=O) groups excluding carboxylic acids is 1. The molecular formula is C56H105N3OS4. The van der Waals surface area contributed by atoms with Gasteiger partial charge < -0.3 is 9.80 Å². The predicted octanol–water partition coefficient (Wildman–Crippen LogP) is 18.7. The molecule has 0 bridgehead atoms. The van der Waals surface area contributed by atoms with E-state index in [0.717, 1.165) is 42.9 Å².